The highest BCUT2D eigenvalue weighted by Gasteiger charge is 1.90. The zero-order chi connectivity index (χ0) is 5.15. The first-order chi connectivity index (χ1) is 2.64. The number of rotatable bonds is 0. The summed E-state index contributed by atoms with van der Waals surface area (Å²) < 4.78 is 0. The molecule has 0 aromatic carbocycles. The number of hydrogen-bond acceptors (Lipinski definition) is 4. The Morgan fingerprint density at radius 1 is 1.38 bits per heavy atom. The monoisotopic (exact) mass is 121 g/mol. The van der Waals surface area contributed by atoms with Gasteiger partial charge in [-0.1, -0.05) is 0 Å². The van der Waals surface area contributed by atoms with Crippen LogP contribution in [-0.2, 0) is 9.59 Å². The number of carbonyl (C=O) groups excluding carboxylic acids is 1. The van der Waals surface area contributed by atoms with Crippen molar-refractivity contribution in [3.63, 3.8) is 0 Å². The van der Waals surface area contributed by atoms with Crippen LogP contribution in [-0.4, -0.2) is 17.0 Å². The topological polar surface area (TPSA) is 112 Å². The van der Waals surface area contributed by atoms with E-state index in [2.05, 4.69) is 0 Å². The second kappa shape index (κ2) is 5.77. The highest BCUT2D eigenvalue weighted by molar-refractivity contribution is 6.26. The fourth-order valence-electron chi connectivity index (χ4n) is 0. The molecule has 0 spiro atoms. The third-order valence-electron chi connectivity index (χ3n) is 0.175. The summed E-state index contributed by atoms with van der Waals surface area (Å²) in [7, 11) is 0. The number of carboxylic acids is 2. The largest absolute Gasteiger partial charge is 0.539 e. The predicted molar refractivity (Wildman–Crippen MR) is 24.1 cm³/mol. The number of carboxylic acid groups (broad SMARTS) is 2. The maximum Gasteiger partial charge on any atom is 0.351 e. The first-order valence-corrected chi connectivity index (χ1v) is 1.09. The van der Waals surface area contributed by atoms with Crippen LogP contribution in [0.4, 0.5) is 0 Å². The highest BCUT2D eigenvalue weighted by Crippen LogP contribution is 1.49. The molecule has 0 bridgehead atoms. The molecule has 0 saturated carbocycles. The fraction of sp³-hybridized carbons (Fsp3) is 0. The van der Waals surface area contributed by atoms with Gasteiger partial charge in [0.25, 0.3) is 0 Å². The number of hydrogen-bond donors (Lipinski definition) is 2. The van der Waals surface area contributed by atoms with Crippen molar-refractivity contribution in [1.82, 2.24) is 6.15 Å². The summed E-state index contributed by atoms with van der Waals surface area (Å²) in [6.45, 7) is 0. The first-order valence-electron chi connectivity index (χ1n) is 1.09. The molecule has 0 amide bonds. The molecule has 0 aliphatic carbocycles. The Morgan fingerprint density at radius 2 is 1.50 bits per heavy atom. The van der Waals surface area contributed by atoms with Gasteiger partial charge in [0.15, 0.2) is 5.97 Å². The minimum Gasteiger partial charge on any atom is -0.539 e. The summed E-state index contributed by atoms with van der Waals surface area (Å²) in [4.78, 5) is 18.0. The molecule has 0 aromatic rings. The summed E-state index contributed by atoms with van der Waals surface area (Å²) in [5, 5.41) is 16.3. The molecule has 4 N–H and O–H groups in total. The van der Waals surface area contributed by atoms with Crippen molar-refractivity contribution < 1.29 is 19.8 Å². The molecule has 0 heterocycles. The molecule has 48 valence electrons. The Kier molecular flexibility index (Phi) is 11.4. The summed E-state index contributed by atoms with van der Waals surface area (Å²) in [6.07, 6.45) is 0. The molecule has 8 heavy (non-hydrogen) atoms. The average molecular weight is 121 g/mol. The van der Waals surface area contributed by atoms with Crippen molar-refractivity contribution in [2.75, 3.05) is 0 Å². The van der Waals surface area contributed by atoms with Gasteiger partial charge in [-0.2, -0.15) is 0 Å². The van der Waals surface area contributed by atoms with Crippen LogP contribution in [0.2, 0.25) is 0 Å². The van der Waals surface area contributed by atoms with Gasteiger partial charge in [-0.25, -0.2) is 4.79 Å². The van der Waals surface area contributed by atoms with Crippen molar-refractivity contribution in [3.05, 3.63) is 7.43 Å². The number of carbonyl (C=O) groups is 2. The molecule has 0 aliphatic heterocycles. The van der Waals surface area contributed by atoms with Crippen LogP contribution in [0, 0.1) is 7.43 Å². The van der Waals surface area contributed by atoms with Gasteiger partial charge in [0.05, 0.1) is 0 Å². The van der Waals surface area contributed by atoms with E-state index >= 15 is 0 Å². The van der Waals surface area contributed by atoms with Crippen LogP contribution < -0.4 is 11.3 Å². The Hall–Kier alpha value is -1.23. The van der Waals surface area contributed by atoms with Crippen LogP contribution in [0.3, 0.4) is 0 Å². The molecule has 0 rings (SSSR count). The van der Waals surface area contributed by atoms with Crippen molar-refractivity contribution >= 4 is 11.9 Å². The predicted octanol–water partition coefficient (Wildman–Crippen LogP) is -1.57. The van der Waals surface area contributed by atoms with E-state index in [1.807, 2.05) is 0 Å². The quantitative estimate of drug-likeness (QED) is 0.297. The summed E-state index contributed by atoms with van der Waals surface area (Å²) in [5.74, 6) is -4.01. The van der Waals surface area contributed by atoms with E-state index in [1.165, 1.54) is 0 Å². The molecule has 0 fully saturated rings. The van der Waals surface area contributed by atoms with Gasteiger partial charge in [-0.05, 0) is 0 Å². The molecule has 0 aliphatic rings. The lowest BCUT2D eigenvalue weighted by molar-refractivity contribution is -0.303. The van der Waals surface area contributed by atoms with Crippen molar-refractivity contribution in [2.45, 2.75) is 0 Å². The van der Waals surface area contributed by atoms with E-state index < -0.39 is 11.9 Å². The molecule has 0 saturated heterocycles. The Morgan fingerprint density at radius 3 is 1.50 bits per heavy atom. The molecular formula is C3H7NO4. The molecule has 0 radical (unpaired) electrons. The summed E-state index contributed by atoms with van der Waals surface area (Å²) in [6, 6.07) is 0. The second-order valence-electron chi connectivity index (χ2n) is 0.593. The van der Waals surface area contributed by atoms with E-state index in [0.29, 0.717) is 0 Å². The van der Waals surface area contributed by atoms with Gasteiger partial charge in [-0.15, -0.1) is 0 Å². The minimum atomic E-state index is -2.07. The van der Waals surface area contributed by atoms with Gasteiger partial charge >= 0.3 is 5.97 Å². The maximum atomic E-state index is 9.04. The van der Waals surface area contributed by atoms with Crippen LogP contribution in [0.1, 0.15) is 0 Å². The van der Waals surface area contributed by atoms with Crippen molar-refractivity contribution in [1.29, 1.82) is 0 Å². The lowest BCUT2D eigenvalue weighted by atomic mass is 10.7. The minimum absolute atomic E-state index is 0. The van der Waals surface area contributed by atoms with E-state index in [4.69, 9.17) is 19.8 Å². The van der Waals surface area contributed by atoms with Crippen LogP contribution in [0.15, 0.2) is 0 Å². The Balaban J connectivity index is -0.000000125. The average Bonchev–Trinajstić information content (AvgIpc) is 1.36. The van der Waals surface area contributed by atoms with E-state index in [1.54, 1.807) is 0 Å². The molecule has 0 atom stereocenters. The van der Waals surface area contributed by atoms with Crippen LogP contribution in [0.25, 0.3) is 0 Å². The van der Waals surface area contributed by atoms with Crippen LogP contribution in [0.5, 0.6) is 0 Å². The molecular weight excluding hydrogens is 114 g/mol. The summed E-state index contributed by atoms with van der Waals surface area (Å²) in [5.41, 5.74) is 0. The van der Waals surface area contributed by atoms with Gasteiger partial charge < -0.3 is 21.2 Å². The number of aliphatic carboxylic acids is 2. The van der Waals surface area contributed by atoms with Gasteiger partial charge in [0.1, 0.15) is 0 Å². The SMILES string of the molecule is N.O=C([O-])C(=O)O.[CH3+]. The van der Waals surface area contributed by atoms with Gasteiger partial charge in [0.2, 0.25) is 0 Å². The smallest absolute Gasteiger partial charge is 0.351 e. The lowest BCUT2D eigenvalue weighted by Gasteiger charge is -1.85. The van der Waals surface area contributed by atoms with Crippen molar-refractivity contribution in [3.8, 4) is 0 Å². The molecule has 0 aromatic heterocycles. The van der Waals surface area contributed by atoms with E-state index in [0.717, 1.165) is 0 Å². The maximum absolute atomic E-state index is 9.04. The summed E-state index contributed by atoms with van der Waals surface area (Å²) >= 11 is 0. The normalized spacial score (nSPS) is 5.50. The highest BCUT2D eigenvalue weighted by atomic mass is 16.4. The Labute approximate surface area is 46.5 Å². The van der Waals surface area contributed by atoms with Crippen LogP contribution >= 0.6 is 0 Å². The lowest BCUT2D eigenvalue weighted by Crippen LogP contribution is -2.30. The fourth-order valence-corrected chi connectivity index (χ4v) is 0. The second-order valence-corrected chi connectivity index (χ2v) is 0.593. The third kappa shape index (κ3) is 8.84. The van der Waals surface area contributed by atoms with Gasteiger partial charge in [0, 0.05) is 7.43 Å². The standard InChI is InChI=1S/C2H2O4.CH3.H3N/c3-1(4)2(5)6;;/h(H,3,4)(H,5,6);2*1H3/q;+1;/p-1. The first kappa shape index (κ1) is 15.9. The molecule has 5 nitrogen and oxygen atoms in total. The van der Waals surface area contributed by atoms with Crippen molar-refractivity contribution in [2.24, 2.45) is 0 Å². The van der Waals surface area contributed by atoms with Gasteiger partial charge in [-0.3, -0.25) is 0 Å². The molecule has 0 unspecified atom stereocenters. The Bertz CT molecular complexity index is 77.3. The molecule has 5 heteroatoms. The van der Waals surface area contributed by atoms with E-state index in [-0.39, 0.29) is 13.6 Å². The zero-order valence-corrected chi connectivity index (χ0v) is 4.38. The zero-order valence-electron chi connectivity index (χ0n) is 4.38. The third-order valence-corrected chi connectivity index (χ3v) is 0.175. The van der Waals surface area contributed by atoms with E-state index in [9.17, 15) is 0 Å².